The average Bonchev–Trinajstić information content (AvgIpc) is 3.62. The zero-order valence-corrected chi connectivity index (χ0v) is 21.0. The van der Waals surface area contributed by atoms with E-state index in [1.54, 1.807) is 0 Å². The number of nitrogens with two attached hydrogens (primary N) is 1. The van der Waals surface area contributed by atoms with Crippen LogP contribution in [-0.4, -0.2) is 43.2 Å². The van der Waals surface area contributed by atoms with E-state index in [4.69, 9.17) is 15.6 Å². The number of hydrogen-bond donors (Lipinski definition) is 2. The third-order valence-electron chi connectivity index (χ3n) is 6.77. The molecule has 2 aliphatic rings. The number of sulfone groups is 1. The average molecular weight is 526 g/mol. The summed E-state index contributed by atoms with van der Waals surface area (Å²) in [6.07, 6.45) is 2.83. The third kappa shape index (κ3) is 8.92. The van der Waals surface area contributed by atoms with Gasteiger partial charge in [0.2, 0.25) is 0 Å². The van der Waals surface area contributed by atoms with Crippen molar-refractivity contribution in [1.82, 2.24) is 0 Å². The van der Waals surface area contributed by atoms with E-state index in [2.05, 4.69) is 48.5 Å². The summed E-state index contributed by atoms with van der Waals surface area (Å²) in [5, 5.41) is 7.12. The minimum Gasteiger partial charge on any atom is -0.475 e. The van der Waals surface area contributed by atoms with Crippen LogP contribution in [0, 0.1) is 5.92 Å². The molecule has 1 fully saturated rings. The number of benzene rings is 2. The van der Waals surface area contributed by atoms with Gasteiger partial charge in [0.1, 0.15) is 0 Å². The molecule has 0 heterocycles. The van der Waals surface area contributed by atoms with Gasteiger partial charge in [0.25, 0.3) is 0 Å². The number of carbonyl (C=O) groups is 1. The quantitative estimate of drug-likeness (QED) is 0.446. The molecule has 2 aromatic rings. The first-order valence-corrected chi connectivity index (χ1v) is 14.2. The van der Waals surface area contributed by atoms with Crippen LogP contribution in [0.3, 0.4) is 0 Å². The molecule has 0 aliphatic heterocycles. The van der Waals surface area contributed by atoms with Crippen LogP contribution in [-0.2, 0) is 33.9 Å². The first-order chi connectivity index (χ1) is 16.9. The number of hydrogen-bond acceptors (Lipinski definition) is 4. The lowest BCUT2D eigenvalue weighted by atomic mass is 9.76. The van der Waals surface area contributed by atoms with E-state index in [1.165, 1.54) is 22.3 Å². The van der Waals surface area contributed by atoms with Gasteiger partial charge in [0.15, 0.2) is 9.84 Å². The summed E-state index contributed by atoms with van der Waals surface area (Å²) < 4.78 is 56.0. The maximum Gasteiger partial charge on any atom is 0.490 e. The number of carboxylic acid groups (broad SMARTS) is 1. The van der Waals surface area contributed by atoms with E-state index in [9.17, 15) is 21.6 Å². The van der Waals surface area contributed by atoms with Gasteiger partial charge in [0, 0.05) is 12.0 Å². The Morgan fingerprint density at radius 1 is 1.00 bits per heavy atom. The van der Waals surface area contributed by atoms with E-state index >= 15 is 0 Å². The normalized spacial score (nSPS) is 19.7. The van der Waals surface area contributed by atoms with E-state index in [-0.39, 0.29) is 6.04 Å². The zero-order valence-electron chi connectivity index (χ0n) is 20.2. The molecular formula is C27H34F3NO4S. The van der Waals surface area contributed by atoms with E-state index < -0.39 is 22.0 Å². The Balaban J connectivity index is 0.000000454. The molecule has 0 saturated heterocycles. The Kier molecular flexibility index (Phi) is 9.58. The number of halogens is 3. The highest BCUT2D eigenvalue weighted by molar-refractivity contribution is 7.91. The van der Waals surface area contributed by atoms with Gasteiger partial charge >= 0.3 is 12.1 Å². The fraction of sp³-hybridized carbons (Fsp3) is 0.519. The molecule has 198 valence electrons. The summed E-state index contributed by atoms with van der Waals surface area (Å²) in [7, 11) is -2.85. The smallest absolute Gasteiger partial charge is 0.475 e. The third-order valence-corrected chi connectivity index (χ3v) is 8.66. The van der Waals surface area contributed by atoms with Crippen LogP contribution >= 0.6 is 0 Å². The van der Waals surface area contributed by atoms with Crippen LogP contribution < -0.4 is 5.73 Å². The maximum atomic E-state index is 12.1. The van der Waals surface area contributed by atoms with Gasteiger partial charge in [-0.1, -0.05) is 48.5 Å². The summed E-state index contributed by atoms with van der Waals surface area (Å²) in [6, 6.07) is 17.7. The Bertz CT molecular complexity index is 1120. The van der Waals surface area contributed by atoms with Gasteiger partial charge in [-0.2, -0.15) is 13.2 Å². The molecule has 3 N–H and O–H groups in total. The molecule has 2 aliphatic carbocycles. The van der Waals surface area contributed by atoms with Crippen LogP contribution in [0.5, 0.6) is 0 Å². The Morgan fingerprint density at radius 2 is 1.67 bits per heavy atom. The maximum absolute atomic E-state index is 12.1. The van der Waals surface area contributed by atoms with Crippen molar-refractivity contribution in [2.45, 2.75) is 69.5 Å². The summed E-state index contributed by atoms with van der Waals surface area (Å²) in [4.78, 5) is 8.90. The lowest BCUT2D eigenvalue weighted by Crippen LogP contribution is -2.34. The monoisotopic (exact) mass is 525 g/mol. The van der Waals surface area contributed by atoms with Crippen molar-refractivity contribution in [3.63, 3.8) is 0 Å². The van der Waals surface area contributed by atoms with Gasteiger partial charge in [-0.3, -0.25) is 0 Å². The molecule has 9 heteroatoms. The molecule has 0 aromatic heterocycles. The van der Waals surface area contributed by atoms with Crippen molar-refractivity contribution >= 4 is 15.8 Å². The van der Waals surface area contributed by atoms with Gasteiger partial charge in [-0.15, -0.1) is 0 Å². The number of carboxylic acids is 1. The number of aryl methyl sites for hydroxylation is 2. The molecule has 5 nitrogen and oxygen atoms in total. The standard InChI is InChI=1S/C25H33NO2S.C2HF3O2/c26-25-14-13-22-12-11-20(8-4-5-15-29(27,28)18-21-9-10-21)16-23(22)24(25)17-19-6-2-1-3-7-19;3-2(4,5)1(6)7/h1-3,6-7,11-12,16,21,24-25H,4-5,8-10,13-15,17-18,26H2;(H,6,7). The first-order valence-electron chi connectivity index (χ1n) is 12.4. The summed E-state index contributed by atoms with van der Waals surface area (Å²) in [5.74, 6) is -1.19. The Labute approximate surface area is 210 Å². The van der Waals surface area contributed by atoms with Crippen molar-refractivity contribution in [3.8, 4) is 0 Å². The summed E-state index contributed by atoms with van der Waals surface area (Å²) in [5.41, 5.74) is 12.0. The van der Waals surface area contributed by atoms with E-state index in [0.29, 0.717) is 23.3 Å². The van der Waals surface area contributed by atoms with Gasteiger partial charge < -0.3 is 10.8 Å². The van der Waals surface area contributed by atoms with Gasteiger partial charge in [-0.25, -0.2) is 13.2 Å². The number of unbranched alkanes of at least 4 members (excludes halogenated alkanes) is 1. The van der Waals surface area contributed by atoms with Crippen molar-refractivity contribution in [2.75, 3.05) is 11.5 Å². The van der Waals surface area contributed by atoms with Gasteiger partial charge in [-0.05, 0) is 79.5 Å². The largest absolute Gasteiger partial charge is 0.490 e. The van der Waals surface area contributed by atoms with Crippen LogP contribution in [0.25, 0.3) is 0 Å². The Morgan fingerprint density at radius 3 is 2.28 bits per heavy atom. The second-order valence-electron chi connectivity index (χ2n) is 9.85. The summed E-state index contributed by atoms with van der Waals surface area (Å²) in [6.45, 7) is 0. The number of rotatable bonds is 9. The minimum absolute atomic E-state index is 0.200. The number of aliphatic carboxylic acids is 1. The molecule has 2 atom stereocenters. The van der Waals surface area contributed by atoms with E-state index in [1.807, 2.05) is 0 Å². The molecule has 0 amide bonds. The van der Waals surface area contributed by atoms with Crippen LogP contribution in [0.4, 0.5) is 13.2 Å². The molecule has 2 unspecified atom stereocenters. The second kappa shape index (κ2) is 12.2. The second-order valence-corrected chi connectivity index (χ2v) is 12.1. The number of alkyl halides is 3. The molecule has 0 radical (unpaired) electrons. The highest BCUT2D eigenvalue weighted by Crippen LogP contribution is 2.35. The molecule has 36 heavy (non-hydrogen) atoms. The number of fused-ring (bicyclic) bond motifs is 1. The van der Waals surface area contributed by atoms with Crippen LogP contribution in [0.2, 0.25) is 0 Å². The first kappa shape index (κ1) is 28.2. The highest BCUT2D eigenvalue weighted by Gasteiger charge is 2.38. The molecule has 2 aromatic carbocycles. The van der Waals surface area contributed by atoms with E-state index in [0.717, 1.165) is 51.4 Å². The Hall–Kier alpha value is -2.39. The van der Waals surface area contributed by atoms with Crippen molar-refractivity contribution in [2.24, 2.45) is 11.7 Å². The predicted molar refractivity (Wildman–Crippen MR) is 134 cm³/mol. The molecule has 0 spiro atoms. The van der Waals surface area contributed by atoms with Crippen molar-refractivity contribution < 1.29 is 31.5 Å². The minimum atomic E-state index is -5.08. The summed E-state index contributed by atoms with van der Waals surface area (Å²) >= 11 is 0. The molecule has 4 rings (SSSR count). The lowest BCUT2D eigenvalue weighted by molar-refractivity contribution is -0.192. The predicted octanol–water partition coefficient (Wildman–Crippen LogP) is 5.07. The highest BCUT2D eigenvalue weighted by atomic mass is 32.2. The molecular weight excluding hydrogens is 491 g/mol. The topological polar surface area (TPSA) is 97.5 Å². The van der Waals surface area contributed by atoms with Crippen molar-refractivity contribution in [1.29, 1.82) is 0 Å². The van der Waals surface area contributed by atoms with Crippen LogP contribution in [0.15, 0.2) is 48.5 Å². The van der Waals surface area contributed by atoms with Crippen LogP contribution in [0.1, 0.15) is 60.3 Å². The molecule has 0 bridgehead atoms. The fourth-order valence-corrected chi connectivity index (χ4v) is 6.50. The van der Waals surface area contributed by atoms with Gasteiger partial charge in [0.05, 0.1) is 11.5 Å². The lowest BCUT2D eigenvalue weighted by Gasteiger charge is -2.32. The fourth-order valence-electron chi connectivity index (χ4n) is 4.63. The van der Waals surface area contributed by atoms with Crippen molar-refractivity contribution in [3.05, 3.63) is 70.8 Å². The SMILES string of the molecule is NC1CCc2ccc(CCCCS(=O)(=O)CC3CC3)cc2C1Cc1ccccc1.O=C(O)C(F)(F)F. The zero-order chi connectivity index (χ0) is 26.3. The molecule has 1 saturated carbocycles.